The first-order chi connectivity index (χ1) is 6.44. The van der Waals surface area contributed by atoms with Crippen molar-refractivity contribution in [3.05, 3.63) is 35.4 Å². The third-order valence-corrected chi connectivity index (χ3v) is 3.21. The lowest BCUT2D eigenvalue weighted by Crippen LogP contribution is -2.06. The Morgan fingerprint density at radius 1 is 1.21 bits per heavy atom. The van der Waals surface area contributed by atoms with Gasteiger partial charge < -0.3 is 5.73 Å². The van der Waals surface area contributed by atoms with Gasteiger partial charge in [-0.2, -0.15) is 0 Å². The van der Waals surface area contributed by atoms with Crippen molar-refractivity contribution in [3.8, 4) is 0 Å². The molecule has 1 aliphatic carbocycles. The van der Waals surface area contributed by atoms with E-state index in [-0.39, 0.29) is 17.4 Å². The Kier molecular flexibility index (Phi) is 1.89. The fraction of sp³-hybridized carbons (Fsp3) is 0.455. The third-order valence-electron chi connectivity index (χ3n) is 3.21. The Labute approximate surface area is 81.9 Å². The molecule has 76 valence electrons. The molecular formula is C11H13F2N. The minimum Gasteiger partial charge on any atom is -0.327 e. The Bertz CT molecular complexity index is 374. The number of hydrogen-bond acceptors (Lipinski definition) is 1. The van der Waals surface area contributed by atoms with E-state index in [2.05, 4.69) is 0 Å². The number of benzene rings is 1. The van der Waals surface area contributed by atoms with Gasteiger partial charge in [-0.1, -0.05) is 19.9 Å². The fourth-order valence-electron chi connectivity index (χ4n) is 2.02. The summed E-state index contributed by atoms with van der Waals surface area (Å²) < 4.78 is 25.6. The topological polar surface area (TPSA) is 26.0 Å². The average Bonchev–Trinajstić information content (AvgIpc) is 2.58. The highest BCUT2D eigenvalue weighted by Crippen LogP contribution is 2.57. The van der Waals surface area contributed by atoms with Crippen LogP contribution in [0.1, 0.15) is 25.3 Å². The van der Waals surface area contributed by atoms with Crippen molar-refractivity contribution in [1.82, 2.24) is 0 Å². The lowest BCUT2D eigenvalue weighted by atomic mass is 10.0. The molecule has 3 heteroatoms. The van der Waals surface area contributed by atoms with Crippen LogP contribution in [0.4, 0.5) is 8.78 Å². The standard InChI is InChI=1S/C11H13F2N/c1-11(2)9(10(11)14)6-3-4-7(12)8(13)5-6/h3-5,9-10H,14H2,1-2H3/t9-,10-/m1/s1. The highest BCUT2D eigenvalue weighted by atomic mass is 19.2. The maximum Gasteiger partial charge on any atom is 0.159 e. The molecule has 1 fully saturated rings. The molecule has 0 spiro atoms. The predicted octanol–water partition coefficient (Wildman–Crippen LogP) is 2.42. The minimum atomic E-state index is -0.805. The molecule has 1 nitrogen and oxygen atoms in total. The van der Waals surface area contributed by atoms with Gasteiger partial charge in [0.15, 0.2) is 11.6 Å². The molecule has 0 radical (unpaired) electrons. The molecule has 2 N–H and O–H groups in total. The molecule has 0 saturated heterocycles. The molecule has 0 heterocycles. The summed E-state index contributed by atoms with van der Waals surface area (Å²) in [6.07, 6.45) is 0. The first-order valence-electron chi connectivity index (χ1n) is 4.65. The summed E-state index contributed by atoms with van der Waals surface area (Å²) in [5, 5.41) is 0. The predicted molar refractivity (Wildman–Crippen MR) is 50.9 cm³/mol. The van der Waals surface area contributed by atoms with Gasteiger partial charge in [0.05, 0.1) is 0 Å². The van der Waals surface area contributed by atoms with Crippen LogP contribution in [0.5, 0.6) is 0 Å². The smallest absolute Gasteiger partial charge is 0.159 e. The highest BCUT2D eigenvalue weighted by Gasteiger charge is 2.56. The van der Waals surface area contributed by atoms with Crippen molar-refractivity contribution in [3.63, 3.8) is 0 Å². The molecule has 0 aliphatic heterocycles. The molecule has 1 saturated carbocycles. The molecule has 0 unspecified atom stereocenters. The van der Waals surface area contributed by atoms with Crippen molar-refractivity contribution in [1.29, 1.82) is 0 Å². The normalized spacial score (nSPS) is 28.9. The summed E-state index contributed by atoms with van der Waals surface area (Å²) in [5.74, 6) is -1.45. The van der Waals surface area contributed by atoms with Gasteiger partial charge in [0.2, 0.25) is 0 Å². The van der Waals surface area contributed by atoms with Crippen molar-refractivity contribution in [2.45, 2.75) is 25.8 Å². The minimum absolute atomic E-state index is 0.00424. The van der Waals surface area contributed by atoms with Gasteiger partial charge in [0.1, 0.15) is 0 Å². The summed E-state index contributed by atoms with van der Waals surface area (Å²) in [6, 6.07) is 4.06. The number of nitrogens with two attached hydrogens (primary N) is 1. The van der Waals surface area contributed by atoms with E-state index in [1.807, 2.05) is 13.8 Å². The van der Waals surface area contributed by atoms with E-state index in [9.17, 15) is 8.78 Å². The second kappa shape index (κ2) is 2.76. The Hall–Kier alpha value is -0.960. The molecule has 2 rings (SSSR count). The van der Waals surface area contributed by atoms with E-state index in [1.54, 1.807) is 6.07 Å². The molecular weight excluding hydrogens is 184 g/mol. The van der Waals surface area contributed by atoms with Gasteiger partial charge >= 0.3 is 0 Å². The second-order valence-electron chi connectivity index (χ2n) is 4.50. The van der Waals surface area contributed by atoms with Crippen molar-refractivity contribution in [2.24, 2.45) is 11.1 Å². The van der Waals surface area contributed by atoms with Gasteiger partial charge in [-0.05, 0) is 23.1 Å². The van der Waals surface area contributed by atoms with Crippen LogP contribution >= 0.6 is 0 Å². The van der Waals surface area contributed by atoms with Crippen molar-refractivity contribution in [2.75, 3.05) is 0 Å². The fourth-order valence-corrected chi connectivity index (χ4v) is 2.02. The van der Waals surface area contributed by atoms with Crippen LogP contribution < -0.4 is 5.73 Å². The molecule has 0 amide bonds. The molecule has 1 aliphatic rings. The van der Waals surface area contributed by atoms with Gasteiger partial charge in [-0.15, -0.1) is 0 Å². The number of rotatable bonds is 1. The summed E-state index contributed by atoms with van der Waals surface area (Å²) in [5.41, 5.74) is 6.65. The van der Waals surface area contributed by atoms with Crippen LogP contribution in [-0.4, -0.2) is 6.04 Å². The lowest BCUT2D eigenvalue weighted by Gasteiger charge is -2.02. The quantitative estimate of drug-likeness (QED) is 0.735. The van der Waals surface area contributed by atoms with Crippen LogP contribution in [0.25, 0.3) is 0 Å². The van der Waals surface area contributed by atoms with E-state index >= 15 is 0 Å². The van der Waals surface area contributed by atoms with E-state index in [0.29, 0.717) is 0 Å². The molecule has 1 aromatic carbocycles. The lowest BCUT2D eigenvalue weighted by molar-refractivity contribution is 0.506. The molecule has 0 bridgehead atoms. The monoisotopic (exact) mass is 197 g/mol. The van der Waals surface area contributed by atoms with Crippen molar-refractivity contribution >= 4 is 0 Å². The van der Waals surface area contributed by atoms with E-state index < -0.39 is 11.6 Å². The molecule has 2 atom stereocenters. The second-order valence-corrected chi connectivity index (χ2v) is 4.50. The summed E-state index contributed by atoms with van der Waals surface area (Å²) in [4.78, 5) is 0. The van der Waals surface area contributed by atoms with Crippen LogP contribution in [0.3, 0.4) is 0 Å². The SMILES string of the molecule is CC1(C)[C@H](N)[C@H]1c1ccc(F)c(F)c1. The van der Waals surface area contributed by atoms with E-state index in [1.165, 1.54) is 6.07 Å². The highest BCUT2D eigenvalue weighted by molar-refractivity contribution is 5.34. The van der Waals surface area contributed by atoms with E-state index in [4.69, 9.17) is 5.73 Å². The van der Waals surface area contributed by atoms with Crippen LogP contribution in [0.15, 0.2) is 18.2 Å². The van der Waals surface area contributed by atoms with Crippen molar-refractivity contribution < 1.29 is 8.78 Å². The van der Waals surface area contributed by atoms with Gasteiger partial charge in [0.25, 0.3) is 0 Å². The van der Waals surface area contributed by atoms with E-state index in [0.717, 1.165) is 11.6 Å². The van der Waals surface area contributed by atoms with Crippen LogP contribution in [0.2, 0.25) is 0 Å². The maximum absolute atomic E-state index is 12.9. The maximum atomic E-state index is 12.9. The Morgan fingerprint density at radius 2 is 1.79 bits per heavy atom. The van der Waals surface area contributed by atoms with Gasteiger partial charge in [-0.3, -0.25) is 0 Å². The molecule has 1 aromatic rings. The first kappa shape index (κ1) is 9.59. The summed E-state index contributed by atoms with van der Waals surface area (Å²) >= 11 is 0. The zero-order valence-corrected chi connectivity index (χ0v) is 8.22. The number of halogens is 2. The average molecular weight is 197 g/mol. The summed E-state index contributed by atoms with van der Waals surface area (Å²) in [7, 11) is 0. The Morgan fingerprint density at radius 3 is 2.21 bits per heavy atom. The zero-order chi connectivity index (χ0) is 10.5. The molecule has 0 aromatic heterocycles. The van der Waals surface area contributed by atoms with Crippen LogP contribution in [-0.2, 0) is 0 Å². The molecule has 14 heavy (non-hydrogen) atoms. The first-order valence-corrected chi connectivity index (χ1v) is 4.65. The third kappa shape index (κ3) is 1.23. The summed E-state index contributed by atoms with van der Waals surface area (Å²) in [6.45, 7) is 4.06. The Balaban J connectivity index is 2.32. The van der Waals surface area contributed by atoms with Crippen LogP contribution in [0, 0.1) is 17.0 Å². The van der Waals surface area contributed by atoms with Gasteiger partial charge in [0, 0.05) is 12.0 Å². The van der Waals surface area contributed by atoms with Gasteiger partial charge in [-0.25, -0.2) is 8.78 Å². The number of hydrogen-bond donors (Lipinski definition) is 1. The largest absolute Gasteiger partial charge is 0.327 e. The zero-order valence-electron chi connectivity index (χ0n) is 8.22.